The molecule has 0 saturated heterocycles. The molecule has 0 fully saturated rings. The van der Waals surface area contributed by atoms with Crippen molar-refractivity contribution in [3.8, 4) is 6.07 Å². The van der Waals surface area contributed by atoms with Gasteiger partial charge in [0.05, 0.1) is 17.7 Å². The number of nitriles is 1. The third-order valence-corrected chi connectivity index (χ3v) is 5.66. The van der Waals surface area contributed by atoms with E-state index in [1.807, 2.05) is 6.07 Å². The first-order chi connectivity index (χ1) is 15.2. The fourth-order valence-corrected chi connectivity index (χ4v) is 3.86. The number of aromatic nitrogens is 2. The van der Waals surface area contributed by atoms with Crippen LogP contribution in [-0.2, 0) is 0 Å². The minimum Gasteiger partial charge on any atom is -0.362 e. The van der Waals surface area contributed by atoms with Crippen LogP contribution in [0.4, 0.5) is 24.7 Å². The number of carbonyl (C=O) groups excluding carboxylic acids is 1. The number of alkyl halides is 3. The van der Waals surface area contributed by atoms with Crippen molar-refractivity contribution < 1.29 is 18.0 Å². The fourth-order valence-electron chi connectivity index (χ4n) is 3.47. The normalized spacial score (nSPS) is 17.8. The highest BCUT2D eigenvalue weighted by Crippen LogP contribution is 2.46. The summed E-state index contributed by atoms with van der Waals surface area (Å²) in [6.07, 6.45) is -4.95. The van der Waals surface area contributed by atoms with Gasteiger partial charge in [-0.05, 0) is 42.0 Å². The molecule has 1 aliphatic heterocycles. The summed E-state index contributed by atoms with van der Waals surface area (Å²) >= 11 is 12.2. The molecule has 2 heterocycles. The summed E-state index contributed by atoms with van der Waals surface area (Å²) in [5.74, 6) is -0.863. The Hall–Kier alpha value is -3.22. The lowest BCUT2D eigenvalue weighted by Gasteiger charge is -2.33. The van der Waals surface area contributed by atoms with Gasteiger partial charge in [0.25, 0.3) is 5.91 Å². The van der Waals surface area contributed by atoms with E-state index in [1.54, 1.807) is 24.3 Å². The Bertz CT molecular complexity index is 1200. The number of nitrogens with one attached hydrogen (secondary N) is 2. The van der Waals surface area contributed by atoms with Crippen molar-refractivity contribution in [1.82, 2.24) is 9.78 Å². The Balaban J connectivity index is 1.67. The highest BCUT2D eigenvalue weighted by Gasteiger charge is 2.47. The van der Waals surface area contributed by atoms with E-state index in [4.69, 9.17) is 28.5 Å². The van der Waals surface area contributed by atoms with Crippen LogP contribution >= 0.6 is 23.2 Å². The van der Waals surface area contributed by atoms with Crippen molar-refractivity contribution >= 4 is 40.6 Å². The van der Waals surface area contributed by atoms with E-state index in [9.17, 15) is 18.0 Å². The molecule has 11 heteroatoms. The van der Waals surface area contributed by atoms with Crippen LogP contribution in [0.15, 0.2) is 48.5 Å². The molecular weight excluding hydrogens is 466 g/mol. The van der Waals surface area contributed by atoms with Crippen LogP contribution in [0.1, 0.15) is 40.1 Å². The van der Waals surface area contributed by atoms with Gasteiger partial charge < -0.3 is 10.6 Å². The third-order valence-electron chi connectivity index (χ3n) is 5.05. The van der Waals surface area contributed by atoms with Crippen molar-refractivity contribution in [3.05, 3.63) is 75.4 Å². The second-order valence-corrected chi connectivity index (χ2v) is 7.96. The SMILES string of the molecule is N#Cc1ccc(NC(=O)c2nn3c(c2Cl)N[C@H](c2ccc(Cl)cc2)C[C@@H]3C(F)(F)F)cc1. The average Bonchev–Trinajstić information content (AvgIpc) is 3.10. The minimum absolute atomic E-state index is 0.0924. The van der Waals surface area contributed by atoms with E-state index in [0.29, 0.717) is 26.5 Å². The van der Waals surface area contributed by atoms with Gasteiger partial charge in [-0.3, -0.25) is 4.79 Å². The van der Waals surface area contributed by atoms with E-state index in [-0.39, 0.29) is 23.0 Å². The molecule has 0 bridgehead atoms. The lowest BCUT2D eigenvalue weighted by atomic mass is 9.97. The standard InChI is InChI=1S/C21H14Cl2F3N5O/c22-13-5-3-12(4-6-13)15-9-16(21(24,25)26)31-19(29-15)17(23)18(30-31)20(32)28-14-7-1-11(10-27)2-8-14/h1-8,15-16,29H,9H2,(H,28,32)/t15-,16+/m0/s1. The van der Waals surface area contributed by atoms with Crippen molar-refractivity contribution in [3.63, 3.8) is 0 Å². The van der Waals surface area contributed by atoms with E-state index in [0.717, 1.165) is 0 Å². The third kappa shape index (κ3) is 4.24. The number of nitrogens with zero attached hydrogens (tertiary/aromatic N) is 3. The van der Waals surface area contributed by atoms with Crippen LogP contribution in [0, 0.1) is 11.3 Å². The molecule has 0 spiro atoms. The van der Waals surface area contributed by atoms with Gasteiger partial charge in [-0.2, -0.15) is 23.5 Å². The van der Waals surface area contributed by atoms with Gasteiger partial charge in [-0.25, -0.2) is 4.68 Å². The van der Waals surface area contributed by atoms with Crippen LogP contribution < -0.4 is 10.6 Å². The number of benzene rings is 2. The van der Waals surface area contributed by atoms with Gasteiger partial charge in [0.1, 0.15) is 10.8 Å². The summed E-state index contributed by atoms with van der Waals surface area (Å²) in [5, 5.41) is 18.5. The zero-order chi connectivity index (χ0) is 23.0. The molecule has 32 heavy (non-hydrogen) atoms. The Morgan fingerprint density at radius 2 is 1.81 bits per heavy atom. The first-order valence-electron chi connectivity index (χ1n) is 9.35. The fraction of sp³-hybridized carbons (Fsp3) is 0.190. The largest absolute Gasteiger partial charge is 0.410 e. The number of halogens is 5. The van der Waals surface area contributed by atoms with Crippen molar-refractivity contribution in [2.75, 3.05) is 10.6 Å². The number of hydrogen-bond acceptors (Lipinski definition) is 4. The molecule has 2 atom stereocenters. The molecule has 2 aromatic carbocycles. The molecule has 2 N–H and O–H groups in total. The average molecular weight is 480 g/mol. The first kappa shape index (κ1) is 22.0. The number of amides is 1. The highest BCUT2D eigenvalue weighted by molar-refractivity contribution is 6.36. The molecule has 6 nitrogen and oxygen atoms in total. The minimum atomic E-state index is -4.61. The Morgan fingerprint density at radius 3 is 2.41 bits per heavy atom. The molecule has 1 aromatic heterocycles. The quantitative estimate of drug-likeness (QED) is 0.484. The second-order valence-electron chi connectivity index (χ2n) is 7.14. The lowest BCUT2D eigenvalue weighted by Crippen LogP contribution is -2.35. The zero-order valence-corrected chi connectivity index (χ0v) is 17.6. The molecule has 1 aliphatic rings. The van der Waals surface area contributed by atoms with Crippen molar-refractivity contribution in [2.24, 2.45) is 0 Å². The van der Waals surface area contributed by atoms with Gasteiger partial charge >= 0.3 is 6.18 Å². The molecular formula is C21H14Cl2F3N5O. The van der Waals surface area contributed by atoms with Crippen LogP contribution in [0.2, 0.25) is 10.0 Å². The monoisotopic (exact) mass is 479 g/mol. The number of carbonyl (C=O) groups is 1. The van der Waals surface area contributed by atoms with E-state index in [2.05, 4.69) is 15.7 Å². The van der Waals surface area contributed by atoms with Gasteiger partial charge in [0.15, 0.2) is 11.7 Å². The Labute approximate surface area is 190 Å². The smallest absolute Gasteiger partial charge is 0.362 e. The molecule has 4 rings (SSSR count). The van der Waals surface area contributed by atoms with Crippen LogP contribution in [-0.4, -0.2) is 21.9 Å². The van der Waals surface area contributed by atoms with Gasteiger partial charge in [0.2, 0.25) is 0 Å². The van der Waals surface area contributed by atoms with Gasteiger partial charge in [-0.15, -0.1) is 0 Å². The van der Waals surface area contributed by atoms with E-state index < -0.39 is 24.2 Å². The molecule has 0 radical (unpaired) electrons. The maximum absolute atomic E-state index is 13.9. The summed E-state index contributed by atoms with van der Waals surface area (Å²) in [4.78, 5) is 12.7. The summed E-state index contributed by atoms with van der Waals surface area (Å²) < 4.78 is 42.3. The number of anilines is 2. The zero-order valence-electron chi connectivity index (χ0n) is 16.1. The number of hydrogen-bond donors (Lipinski definition) is 2. The predicted molar refractivity (Wildman–Crippen MR) is 114 cm³/mol. The molecule has 0 aliphatic carbocycles. The summed E-state index contributed by atoms with van der Waals surface area (Å²) in [6, 6.07) is 11.7. The van der Waals surface area contributed by atoms with Crippen LogP contribution in [0.5, 0.6) is 0 Å². The van der Waals surface area contributed by atoms with E-state index in [1.165, 1.54) is 24.3 Å². The molecule has 3 aromatic rings. The number of fused-ring (bicyclic) bond motifs is 1. The van der Waals surface area contributed by atoms with Crippen LogP contribution in [0.25, 0.3) is 0 Å². The van der Waals surface area contributed by atoms with Crippen molar-refractivity contribution in [2.45, 2.75) is 24.7 Å². The Morgan fingerprint density at radius 1 is 1.16 bits per heavy atom. The molecule has 1 amide bonds. The topological polar surface area (TPSA) is 82.7 Å². The second kappa shape index (κ2) is 8.37. The summed E-state index contributed by atoms with van der Waals surface area (Å²) in [5.41, 5.74) is 0.986. The Kier molecular flexibility index (Phi) is 5.75. The highest BCUT2D eigenvalue weighted by atomic mass is 35.5. The van der Waals surface area contributed by atoms with Crippen LogP contribution in [0.3, 0.4) is 0 Å². The maximum Gasteiger partial charge on any atom is 0.410 e. The molecule has 0 unspecified atom stereocenters. The van der Waals surface area contributed by atoms with Crippen molar-refractivity contribution in [1.29, 1.82) is 5.26 Å². The first-order valence-corrected chi connectivity index (χ1v) is 10.1. The van der Waals surface area contributed by atoms with Gasteiger partial charge in [0, 0.05) is 17.1 Å². The summed E-state index contributed by atoms with van der Waals surface area (Å²) in [7, 11) is 0. The maximum atomic E-state index is 13.9. The number of rotatable bonds is 3. The molecule has 164 valence electrons. The lowest BCUT2D eigenvalue weighted by molar-refractivity contribution is -0.173. The van der Waals surface area contributed by atoms with Gasteiger partial charge in [-0.1, -0.05) is 35.3 Å². The summed E-state index contributed by atoms with van der Waals surface area (Å²) in [6.45, 7) is 0. The molecule has 0 saturated carbocycles. The predicted octanol–water partition coefficient (Wildman–Crippen LogP) is 5.97. The van der Waals surface area contributed by atoms with E-state index >= 15 is 0 Å².